The molecule has 0 aliphatic rings. The van der Waals surface area contributed by atoms with E-state index >= 15 is 0 Å². The van der Waals surface area contributed by atoms with Gasteiger partial charge < -0.3 is 10.6 Å². The Hall–Kier alpha value is -3.34. The molecule has 0 aliphatic heterocycles. The minimum atomic E-state index is -0.326. The first-order valence-corrected chi connectivity index (χ1v) is 7.21. The predicted molar refractivity (Wildman–Crippen MR) is 93.0 cm³/mol. The van der Waals surface area contributed by atoms with Crippen molar-refractivity contribution >= 4 is 28.9 Å². The lowest BCUT2D eigenvalue weighted by molar-refractivity contribution is 0.262. The molecule has 1 aromatic heterocycles. The van der Waals surface area contributed by atoms with E-state index in [9.17, 15) is 4.79 Å². The summed E-state index contributed by atoms with van der Waals surface area (Å²) in [5.74, 6) is 0.483. The molecule has 114 valence electrons. The smallest absolute Gasteiger partial charge is 0.324 e. The van der Waals surface area contributed by atoms with Crippen molar-refractivity contribution in [3.63, 3.8) is 0 Å². The zero-order valence-electron chi connectivity index (χ0n) is 12.4. The monoisotopic (exact) mass is 304 g/mol. The molecule has 3 N–H and O–H groups in total. The molecule has 2 aromatic carbocycles. The molecule has 3 aromatic rings. The molecule has 0 bridgehead atoms. The Bertz CT molecular complexity index is 758. The predicted octanol–water partition coefficient (Wildman–Crippen LogP) is 4.47. The molecule has 1 heterocycles. The van der Waals surface area contributed by atoms with E-state index in [1.807, 2.05) is 66.7 Å². The Kier molecular flexibility index (Phi) is 4.49. The zero-order chi connectivity index (χ0) is 15.9. The summed E-state index contributed by atoms with van der Waals surface area (Å²) in [6, 6.07) is 22.3. The van der Waals surface area contributed by atoms with E-state index < -0.39 is 0 Å². The highest BCUT2D eigenvalue weighted by atomic mass is 16.2. The van der Waals surface area contributed by atoms with Gasteiger partial charge in [0.15, 0.2) is 0 Å². The van der Waals surface area contributed by atoms with E-state index in [0.717, 1.165) is 17.1 Å². The van der Waals surface area contributed by atoms with Gasteiger partial charge in [0.25, 0.3) is 0 Å². The standard InChI is InChI=1S/C18H16N4O/c23-18(21-15-9-5-2-6-10-15)22-17-12-11-16(13-19-17)20-14-7-3-1-4-8-14/h1-13,20H,(H2,19,21,22,23). The molecule has 0 radical (unpaired) electrons. The largest absolute Gasteiger partial charge is 0.354 e. The number of carbonyl (C=O) groups is 1. The second-order valence-electron chi connectivity index (χ2n) is 4.87. The Morgan fingerprint density at radius 3 is 1.96 bits per heavy atom. The number of benzene rings is 2. The van der Waals surface area contributed by atoms with E-state index in [1.165, 1.54) is 0 Å². The summed E-state index contributed by atoms with van der Waals surface area (Å²) in [5.41, 5.74) is 2.56. The van der Waals surface area contributed by atoms with Crippen molar-refractivity contribution in [2.75, 3.05) is 16.0 Å². The Labute approximate surface area is 134 Å². The Morgan fingerprint density at radius 1 is 0.696 bits per heavy atom. The fourth-order valence-electron chi connectivity index (χ4n) is 2.03. The number of urea groups is 1. The van der Waals surface area contributed by atoms with Crippen LogP contribution in [0, 0.1) is 0 Å². The van der Waals surface area contributed by atoms with Gasteiger partial charge in [0.05, 0.1) is 11.9 Å². The molecule has 2 amide bonds. The van der Waals surface area contributed by atoms with Crippen LogP contribution in [0.4, 0.5) is 27.7 Å². The molecule has 0 atom stereocenters. The number of nitrogens with zero attached hydrogens (tertiary/aromatic N) is 1. The number of pyridine rings is 1. The van der Waals surface area contributed by atoms with Crippen LogP contribution < -0.4 is 16.0 Å². The first kappa shape index (κ1) is 14.6. The maximum Gasteiger partial charge on any atom is 0.324 e. The number of para-hydroxylation sites is 2. The lowest BCUT2D eigenvalue weighted by Gasteiger charge is -2.09. The number of aromatic nitrogens is 1. The van der Waals surface area contributed by atoms with Crippen LogP contribution in [-0.2, 0) is 0 Å². The quantitative estimate of drug-likeness (QED) is 0.666. The highest BCUT2D eigenvalue weighted by molar-refractivity contribution is 5.99. The first-order valence-electron chi connectivity index (χ1n) is 7.21. The van der Waals surface area contributed by atoms with Crippen LogP contribution in [-0.4, -0.2) is 11.0 Å². The van der Waals surface area contributed by atoms with Gasteiger partial charge in [0.2, 0.25) is 0 Å². The van der Waals surface area contributed by atoms with Crippen LogP contribution in [0.5, 0.6) is 0 Å². The van der Waals surface area contributed by atoms with Crippen LogP contribution in [0.2, 0.25) is 0 Å². The van der Waals surface area contributed by atoms with Gasteiger partial charge in [-0.1, -0.05) is 36.4 Å². The minimum Gasteiger partial charge on any atom is -0.354 e. The van der Waals surface area contributed by atoms with Gasteiger partial charge in [0.1, 0.15) is 5.82 Å². The van der Waals surface area contributed by atoms with Crippen molar-refractivity contribution in [1.29, 1.82) is 0 Å². The lowest BCUT2D eigenvalue weighted by atomic mass is 10.3. The third kappa shape index (κ3) is 4.31. The van der Waals surface area contributed by atoms with Gasteiger partial charge in [0, 0.05) is 11.4 Å². The number of amides is 2. The molecule has 23 heavy (non-hydrogen) atoms. The number of rotatable bonds is 4. The van der Waals surface area contributed by atoms with Crippen LogP contribution in [0.15, 0.2) is 79.0 Å². The first-order chi connectivity index (χ1) is 11.3. The normalized spacial score (nSPS) is 9.91. The molecule has 5 nitrogen and oxygen atoms in total. The molecule has 0 spiro atoms. The van der Waals surface area contributed by atoms with Crippen molar-refractivity contribution in [3.05, 3.63) is 79.0 Å². The van der Waals surface area contributed by atoms with Gasteiger partial charge in [-0.15, -0.1) is 0 Å². The molecule has 0 aliphatic carbocycles. The summed E-state index contributed by atoms with van der Waals surface area (Å²) in [5, 5.41) is 8.67. The van der Waals surface area contributed by atoms with Crippen molar-refractivity contribution in [1.82, 2.24) is 4.98 Å². The fourth-order valence-corrected chi connectivity index (χ4v) is 2.03. The average Bonchev–Trinajstić information content (AvgIpc) is 2.58. The van der Waals surface area contributed by atoms with Crippen molar-refractivity contribution in [3.8, 4) is 0 Å². The maximum absolute atomic E-state index is 11.9. The third-order valence-electron chi connectivity index (χ3n) is 3.10. The second-order valence-corrected chi connectivity index (χ2v) is 4.87. The average molecular weight is 304 g/mol. The van der Waals surface area contributed by atoms with Crippen molar-refractivity contribution in [2.24, 2.45) is 0 Å². The van der Waals surface area contributed by atoms with Crippen LogP contribution in [0.25, 0.3) is 0 Å². The Morgan fingerprint density at radius 2 is 1.35 bits per heavy atom. The molecular formula is C18H16N4O. The summed E-state index contributed by atoms with van der Waals surface area (Å²) in [6.45, 7) is 0. The molecule has 5 heteroatoms. The van der Waals surface area contributed by atoms with E-state index in [0.29, 0.717) is 5.82 Å². The highest BCUT2D eigenvalue weighted by Crippen LogP contribution is 2.16. The molecule has 0 unspecified atom stereocenters. The summed E-state index contributed by atoms with van der Waals surface area (Å²) in [7, 11) is 0. The summed E-state index contributed by atoms with van der Waals surface area (Å²) in [4.78, 5) is 16.1. The molecular weight excluding hydrogens is 288 g/mol. The number of hydrogen-bond donors (Lipinski definition) is 3. The number of anilines is 4. The van der Waals surface area contributed by atoms with E-state index in [2.05, 4.69) is 20.9 Å². The summed E-state index contributed by atoms with van der Waals surface area (Å²) >= 11 is 0. The molecule has 3 rings (SSSR count). The van der Waals surface area contributed by atoms with Gasteiger partial charge >= 0.3 is 6.03 Å². The maximum atomic E-state index is 11.9. The Balaban J connectivity index is 1.58. The minimum absolute atomic E-state index is 0.326. The summed E-state index contributed by atoms with van der Waals surface area (Å²) < 4.78 is 0. The van der Waals surface area contributed by atoms with Gasteiger partial charge in [-0.2, -0.15) is 0 Å². The number of nitrogens with one attached hydrogen (secondary N) is 3. The molecule has 0 saturated heterocycles. The number of carbonyl (C=O) groups excluding carboxylic acids is 1. The SMILES string of the molecule is O=C(Nc1ccccc1)Nc1ccc(Nc2ccccc2)cn1. The zero-order valence-corrected chi connectivity index (χ0v) is 12.4. The van der Waals surface area contributed by atoms with E-state index in [4.69, 9.17) is 0 Å². The van der Waals surface area contributed by atoms with E-state index in [-0.39, 0.29) is 6.03 Å². The van der Waals surface area contributed by atoms with Crippen LogP contribution in [0.1, 0.15) is 0 Å². The van der Waals surface area contributed by atoms with Gasteiger partial charge in [-0.05, 0) is 36.4 Å². The second kappa shape index (κ2) is 7.09. The van der Waals surface area contributed by atoms with Crippen molar-refractivity contribution < 1.29 is 4.79 Å². The fraction of sp³-hybridized carbons (Fsp3) is 0. The third-order valence-corrected chi connectivity index (χ3v) is 3.10. The van der Waals surface area contributed by atoms with Crippen LogP contribution in [0.3, 0.4) is 0 Å². The van der Waals surface area contributed by atoms with Gasteiger partial charge in [-0.25, -0.2) is 9.78 Å². The summed E-state index contributed by atoms with van der Waals surface area (Å²) in [6.07, 6.45) is 1.67. The van der Waals surface area contributed by atoms with Crippen LogP contribution >= 0.6 is 0 Å². The molecule has 0 fully saturated rings. The number of hydrogen-bond acceptors (Lipinski definition) is 3. The lowest BCUT2D eigenvalue weighted by Crippen LogP contribution is -2.19. The molecule has 0 saturated carbocycles. The van der Waals surface area contributed by atoms with Crippen molar-refractivity contribution in [2.45, 2.75) is 0 Å². The van der Waals surface area contributed by atoms with Gasteiger partial charge in [-0.3, -0.25) is 5.32 Å². The van der Waals surface area contributed by atoms with E-state index in [1.54, 1.807) is 12.3 Å². The topological polar surface area (TPSA) is 66.1 Å². The highest BCUT2D eigenvalue weighted by Gasteiger charge is 2.03.